The number of aromatic nitrogens is 2. The number of nitrogens with zero attached hydrogens (tertiary/aromatic N) is 2. The van der Waals surface area contributed by atoms with Crippen LogP contribution in [-0.2, 0) is 22.5 Å². The quantitative estimate of drug-likeness (QED) is 0.560. The van der Waals surface area contributed by atoms with Crippen LogP contribution in [0.4, 0.5) is 0 Å². The lowest BCUT2D eigenvalue weighted by Gasteiger charge is -2.36. The summed E-state index contributed by atoms with van der Waals surface area (Å²) in [7, 11) is 0. The zero-order chi connectivity index (χ0) is 23.4. The molecule has 1 fully saturated rings. The molecule has 0 bridgehead atoms. The number of nitrogens with one attached hydrogen (secondary N) is 1. The molecule has 0 saturated carbocycles. The molecule has 0 atom stereocenters. The van der Waals surface area contributed by atoms with E-state index < -0.39 is 5.41 Å². The highest BCUT2D eigenvalue weighted by Gasteiger charge is 2.40. The van der Waals surface area contributed by atoms with Gasteiger partial charge in [-0.2, -0.15) is 5.10 Å². The minimum Gasteiger partial charge on any atom is -0.381 e. The zero-order valence-corrected chi connectivity index (χ0v) is 20.3. The van der Waals surface area contributed by atoms with E-state index in [2.05, 4.69) is 72.8 Å². The maximum Gasteiger partial charge on any atom is 0.226 e. The number of aryl methyl sites for hydroxylation is 4. The summed E-state index contributed by atoms with van der Waals surface area (Å²) in [4.78, 5) is 13.5. The van der Waals surface area contributed by atoms with Gasteiger partial charge in [0.05, 0.1) is 17.7 Å². The third kappa shape index (κ3) is 5.53. The summed E-state index contributed by atoms with van der Waals surface area (Å²) in [5.41, 5.74) is 7.83. The summed E-state index contributed by atoms with van der Waals surface area (Å²) in [6.45, 7) is 10.8. The van der Waals surface area contributed by atoms with Crippen LogP contribution in [0.25, 0.3) is 11.1 Å². The first-order valence-electron chi connectivity index (χ1n) is 11.9. The maximum atomic E-state index is 13.5. The standard InChI is InChI=1S/C28H35N3O2/c1-20-14-21(2)16-26(15-20)25-7-5-6-24(18-25)19-28(8-12-33-13-9-28)27(32)29-10-11-31-23(4)17-22(3)30-31/h5-7,14-18H,8-13,19H2,1-4H3,(H,29,32). The van der Waals surface area contributed by atoms with Crippen molar-refractivity contribution in [2.24, 2.45) is 5.41 Å². The van der Waals surface area contributed by atoms with Gasteiger partial charge in [0, 0.05) is 25.5 Å². The molecule has 1 saturated heterocycles. The van der Waals surface area contributed by atoms with Crippen LogP contribution in [0.5, 0.6) is 0 Å². The second kappa shape index (κ2) is 9.92. The number of rotatable bonds is 7. The van der Waals surface area contributed by atoms with Gasteiger partial charge < -0.3 is 10.1 Å². The van der Waals surface area contributed by atoms with Crippen molar-refractivity contribution in [2.45, 2.75) is 53.5 Å². The van der Waals surface area contributed by atoms with Gasteiger partial charge in [0.25, 0.3) is 0 Å². The number of carbonyl (C=O) groups excluding carboxylic acids is 1. The van der Waals surface area contributed by atoms with E-state index in [-0.39, 0.29) is 5.91 Å². The Morgan fingerprint density at radius 2 is 1.73 bits per heavy atom. The molecule has 0 spiro atoms. The Morgan fingerprint density at radius 3 is 2.39 bits per heavy atom. The van der Waals surface area contributed by atoms with E-state index in [0.717, 1.165) is 30.7 Å². The van der Waals surface area contributed by atoms with Gasteiger partial charge in [-0.1, -0.05) is 53.6 Å². The molecular formula is C28H35N3O2. The number of carbonyl (C=O) groups is 1. The van der Waals surface area contributed by atoms with Gasteiger partial charge in [-0.3, -0.25) is 9.48 Å². The minimum atomic E-state index is -0.436. The van der Waals surface area contributed by atoms with Crippen LogP contribution in [0.15, 0.2) is 48.5 Å². The minimum absolute atomic E-state index is 0.129. The van der Waals surface area contributed by atoms with E-state index in [1.807, 2.05) is 18.5 Å². The van der Waals surface area contributed by atoms with Crippen molar-refractivity contribution in [3.05, 3.63) is 76.6 Å². The van der Waals surface area contributed by atoms with E-state index >= 15 is 0 Å². The smallest absolute Gasteiger partial charge is 0.226 e. The Morgan fingerprint density at radius 1 is 1.00 bits per heavy atom. The van der Waals surface area contributed by atoms with Gasteiger partial charge in [0.1, 0.15) is 0 Å². The molecule has 1 aromatic heterocycles. The van der Waals surface area contributed by atoms with E-state index in [4.69, 9.17) is 4.74 Å². The monoisotopic (exact) mass is 445 g/mol. The van der Waals surface area contributed by atoms with Gasteiger partial charge in [0.15, 0.2) is 0 Å². The summed E-state index contributed by atoms with van der Waals surface area (Å²) in [5.74, 6) is 0.129. The molecule has 0 unspecified atom stereocenters. The van der Waals surface area contributed by atoms with Crippen molar-refractivity contribution in [2.75, 3.05) is 19.8 Å². The lowest BCUT2D eigenvalue weighted by Crippen LogP contribution is -2.47. The van der Waals surface area contributed by atoms with Crippen molar-refractivity contribution in [3.63, 3.8) is 0 Å². The van der Waals surface area contributed by atoms with Gasteiger partial charge in [0.2, 0.25) is 5.91 Å². The van der Waals surface area contributed by atoms with Gasteiger partial charge in [-0.25, -0.2) is 0 Å². The van der Waals surface area contributed by atoms with Crippen molar-refractivity contribution in [1.29, 1.82) is 0 Å². The molecule has 33 heavy (non-hydrogen) atoms. The highest BCUT2D eigenvalue weighted by atomic mass is 16.5. The Kier molecular flexibility index (Phi) is 6.99. The topological polar surface area (TPSA) is 56.2 Å². The average molecular weight is 446 g/mol. The molecule has 2 aromatic carbocycles. The summed E-state index contributed by atoms with van der Waals surface area (Å²) >= 11 is 0. The van der Waals surface area contributed by atoms with Crippen LogP contribution in [0, 0.1) is 33.1 Å². The van der Waals surface area contributed by atoms with Gasteiger partial charge in [-0.15, -0.1) is 0 Å². The molecule has 3 aromatic rings. The third-order valence-corrected chi connectivity index (χ3v) is 6.67. The predicted molar refractivity (Wildman–Crippen MR) is 132 cm³/mol. The predicted octanol–water partition coefficient (Wildman–Crippen LogP) is 4.94. The molecule has 174 valence electrons. The molecule has 1 N–H and O–H groups in total. The second-order valence-corrected chi connectivity index (χ2v) is 9.55. The molecule has 4 rings (SSSR count). The SMILES string of the molecule is Cc1cc(C)cc(-c2cccc(CC3(C(=O)NCCn4nc(C)cc4C)CCOCC3)c2)c1. The number of ether oxygens (including phenoxy) is 1. The fourth-order valence-corrected chi connectivity index (χ4v) is 5.00. The molecule has 1 aliphatic heterocycles. The maximum absolute atomic E-state index is 13.5. The van der Waals surface area contributed by atoms with E-state index in [1.54, 1.807) is 0 Å². The van der Waals surface area contributed by atoms with Gasteiger partial charge >= 0.3 is 0 Å². The largest absolute Gasteiger partial charge is 0.381 e. The molecule has 2 heterocycles. The van der Waals surface area contributed by atoms with E-state index in [1.165, 1.54) is 27.8 Å². The number of benzene rings is 2. The van der Waals surface area contributed by atoms with Crippen molar-refractivity contribution in [1.82, 2.24) is 15.1 Å². The lowest BCUT2D eigenvalue weighted by atomic mass is 9.74. The number of hydrogen-bond donors (Lipinski definition) is 1. The Bertz CT molecular complexity index is 1110. The normalized spacial score (nSPS) is 15.4. The fraction of sp³-hybridized carbons (Fsp3) is 0.429. The molecular weight excluding hydrogens is 410 g/mol. The Balaban J connectivity index is 1.50. The summed E-state index contributed by atoms with van der Waals surface area (Å²) < 4.78 is 7.59. The van der Waals surface area contributed by atoms with Crippen LogP contribution in [0.2, 0.25) is 0 Å². The van der Waals surface area contributed by atoms with Crippen LogP contribution in [-0.4, -0.2) is 35.4 Å². The second-order valence-electron chi connectivity index (χ2n) is 9.55. The first-order valence-corrected chi connectivity index (χ1v) is 11.9. The summed E-state index contributed by atoms with van der Waals surface area (Å²) in [6, 6.07) is 17.4. The zero-order valence-electron chi connectivity index (χ0n) is 20.3. The first kappa shape index (κ1) is 23.2. The highest BCUT2D eigenvalue weighted by Crippen LogP contribution is 2.36. The molecule has 1 amide bonds. The van der Waals surface area contributed by atoms with Crippen molar-refractivity contribution >= 4 is 5.91 Å². The van der Waals surface area contributed by atoms with E-state index in [0.29, 0.717) is 26.3 Å². The average Bonchev–Trinajstić information content (AvgIpc) is 3.10. The first-order chi connectivity index (χ1) is 15.8. The van der Waals surface area contributed by atoms with E-state index in [9.17, 15) is 4.79 Å². The molecule has 5 nitrogen and oxygen atoms in total. The third-order valence-electron chi connectivity index (χ3n) is 6.67. The summed E-state index contributed by atoms with van der Waals surface area (Å²) in [5, 5.41) is 7.71. The van der Waals surface area contributed by atoms with Gasteiger partial charge in [-0.05, 0) is 69.7 Å². The Labute approximate surface area is 197 Å². The van der Waals surface area contributed by atoms with Crippen LogP contribution >= 0.6 is 0 Å². The fourth-order valence-electron chi connectivity index (χ4n) is 5.00. The van der Waals surface area contributed by atoms with Crippen LogP contribution < -0.4 is 5.32 Å². The molecule has 0 radical (unpaired) electrons. The Hall–Kier alpha value is -2.92. The van der Waals surface area contributed by atoms with Crippen molar-refractivity contribution < 1.29 is 9.53 Å². The highest BCUT2D eigenvalue weighted by molar-refractivity contribution is 5.83. The van der Waals surface area contributed by atoms with Crippen LogP contribution in [0.3, 0.4) is 0 Å². The number of amides is 1. The molecule has 0 aliphatic carbocycles. The van der Waals surface area contributed by atoms with Crippen molar-refractivity contribution in [3.8, 4) is 11.1 Å². The van der Waals surface area contributed by atoms with Crippen LogP contribution in [0.1, 0.15) is 40.9 Å². The summed E-state index contributed by atoms with van der Waals surface area (Å²) in [6.07, 6.45) is 2.21. The number of hydrogen-bond acceptors (Lipinski definition) is 3. The molecule has 5 heteroatoms. The lowest BCUT2D eigenvalue weighted by molar-refractivity contribution is -0.136. The molecule has 1 aliphatic rings.